The number of benzene rings is 2. The summed E-state index contributed by atoms with van der Waals surface area (Å²) in [4.78, 5) is 12.6. The number of halogens is 1. The number of carbonyl (C=O) groups is 1. The van der Waals surface area contributed by atoms with Crippen molar-refractivity contribution in [1.29, 1.82) is 0 Å². The van der Waals surface area contributed by atoms with Gasteiger partial charge in [0.25, 0.3) is 0 Å². The number of ether oxygens (including phenoxy) is 3. The van der Waals surface area contributed by atoms with Crippen molar-refractivity contribution >= 4 is 35.0 Å². The molecule has 1 aromatic heterocycles. The molecule has 1 amide bonds. The van der Waals surface area contributed by atoms with Gasteiger partial charge in [-0.2, -0.15) is 0 Å². The van der Waals surface area contributed by atoms with E-state index < -0.39 is 0 Å². The van der Waals surface area contributed by atoms with Gasteiger partial charge >= 0.3 is 0 Å². The maximum absolute atomic E-state index is 12.6. The minimum absolute atomic E-state index is 0.109. The molecule has 1 unspecified atom stereocenters. The van der Waals surface area contributed by atoms with Crippen LogP contribution in [0.25, 0.3) is 11.4 Å². The first-order valence-corrected chi connectivity index (χ1v) is 12.1. The molecule has 0 radical (unpaired) electrons. The van der Waals surface area contributed by atoms with E-state index >= 15 is 0 Å². The fourth-order valence-electron chi connectivity index (χ4n) is 3.81. The number of fused-ring (bicyclic) bond motifs is 1. The van der Waals surface area contributed by atoms with Crippen LogP contribution in [0.3, 0.4) is 0 Å². The van der Waals surface area contributed by atoms with Gasteiger partial charge in [-0.05, 0) is 49.2 Å². The smallest absolute Gasteiger partial charge is 0.234 e. The molecular formula is C23H23ClN4O4S. The van der Waals surface area contributed by atoms with Gasteiger partial charge in [-0.1, -0.05) is 23.4 Å². The number of carbonyl (C=O) groups excluding carboxylic acids is 1. The molecule has 10 heteroatoms. The number of hydrogen-bond acceptors (Lipinski definition) is 7. The maximum atomic E-state index is 12.6. The van der Waals surface area contributed by atoms with Crippen LogP contribution in [0, 0.1) is 0 Å². The first kappa shape index (κ1) is 22.1. The lowest BCUT2D eigenvalue weighted by Crippen LogP contribution is -2.18. The van der Waals surface area contributed by atoms with Gasteiger partial charge < -0.3 is 19.5 Å². The molecule has 0 aliphatic carbocycles. The molecule has 0 saturated carbocycles. The van der Waals surface area contributed by atoms with Gasteiger partial charge in [-0.15, -0.1) is 10.2 Å². The fourth-order valence-corrected chi connectivity index (χ4v) is 4.69. The molecule has 2 aliphatic heterocycles. The number of rotatable bonds is 7. The second-order valence-corrected chi connectivity index (χ2v) is 9.13. The van der Waals surface area contributed by atoms with Crippen LogP contribution in [0.2, 0.25) is 5.02 Å². The van der Waals surface area contributed by atoms with Crippen LogP contribution in [0.4, 0.5) is 5.69 Å². The highest BCUT2D eigenvalue weighted by atomic mass is 35.5. The lowest BCUT2D eigenvalue weighted by atomic mass is 10.2. The summed E-state index contributed by atoms with van der Waals surface area (Å²) in [7, 11) is 0. The van der Waals surface area contributed by atoms with Crippen molar-refractivity contribution in [2.24, 2.45) is 0 Å². The van der Waals surface area contributed by atoms with Crippen molar-refractivity contribution in [3.8, 4) is 22.9 Å². The first-order valence-electron chi connectivity index (χ1n) is 10.8. The summed E-state index contributed by atoms with van der Waals surface area (Å²) in [6.07, 6.45) is 2.15. The third-order valence-electron chi connectivity index (χ3n) is 5.39. The van der Waals surface area contributed by atoms with Gasteiger partial charge in [0.05, 0.1) is 18.4 Å². The highest BCUT2D eigenvalue weighted by Crippen LogP contribution is 2.33. The monoisotopic (exact) mass is 486 g/mol. The summed E-state index contributed by atoms with van der Waals surface area (Å²) >= 11 is 7.39. The number of anilines is 1. The fraction of sp³-hybridized carbons (Fsp3) is 0.348. The summed E-state index contributed by atoms with van der Waals surface area (Å²) in [6, 6.07) is 12.9. The third-order valence-corrected chi connectivity index (χ3v) is 6.61. The quantitative estimate of drug-likeness (QED) is 0.499. The summed E-state index contributed by atoms with van der Waals surface area (Å²) in [5, 5.41) is 13.0. The molecule has 2 aliphatic rings. The third kappa shape index (κ3) is 5.26. The van der Waals surface area contributed by atoms with E-state index in [4.69, 9.17) is 25.8 Å². The number of nitrogens with one attached hydrogen (secondary N) is 1. The molecule has 1 saturated heterocycles. The second-order valence-electron chi connectivity index (χ2n) is 7.75. The molecule has 1 fully saturated rings. The van der Waals surface area contributed by atoms with Gasteiger partial charge in [-0.3, -0.25) is 9.36 Å². The normalized spacial score (nSPS) is 17.2. The molecule has 1 N–H and O–H groups in total. The van der Waals surface area contributed by atoms with E-state index in [0.29, 0.717) is 47.1 Å². The molecule has 2 aromatic carbocycles. The standard InChI is InChI=1S/C23H23ClN4O4S/c24-16-5-3-15(4-6-16)22-26-27-23(28(22)13-18-2-1-9-30-18)33-14-21(29)25-17-7-8-19-20(12-17)32-11-10-31-19/h3-8,12,18H,1-2,9-11,13-14H2,(H,25,29). The minimum Gasteiger partial charge on any atom is -0.486 e. The summed E-state index contributed by atoms with van der Waals surface area (Å²) in [6.45, 7) is 2.43. The van der Waals surface area contributed by atoms with Crippen LogP contribution in [-0.4, -0.2) is 52.3 Å². The summed E-state index contributed by atoms with van der Waals surface area (Å²) in [5.74, 6) is 2.10. The lowest BCUT2D eigenvalue weighted by molar-refractivity contribution is -0.113. The van der Waals surface area contributed by atoms with Crippen LogP contribution >= 0.6 is 23.4 Å². The average molecular weight is 487 g/mol. The molecule has 0 bridgehead atoms. The Morgan fingerprint density at radius 1 is 1.09 bits per heavy atom. The SMILES string of the molecule is O=C(CSc1nnc(-c2ccc(Cl)cc2)n1CC1CCCO1)Nc1ccc2c(c1)OCCO2. The molecule has 8 nitrogen and oxygen atoms in total. The van der Waals surface area contributed by atoms with E-state index in [1.54, 1.807) is 18.2 Å². The molecule has 33 heavy (non-hydrogen) atoms. The number of thioether (sulfide) groups is 1. The molecule has 3 aromatic rings. The molecule has 172 valence electrons. The van der Waals surface area contributed by atoms with Crippen LogP contribution in [0.15, 0.2) is 47.6 Å². The Balaban J connectivity index is 1.29. The van der Waals surface area contributed by atoms with Crippen molar-refractivity contribution in [1.82, 2.24) is 14.8 Å². The van der Waals surface area contributed by atoms with Gasteiger partial charge in [-0.25, -0.2) is 0 Å². The molecule has 3 heterocycles. The molecule has 5 rings (SSSR count). The first-order chi connectivity index (χ1) is 16.2. The summed E-state index contributed by atoms with van der Waals surface area (Å²) < 4.78 is 19.0. The molecular weight excluding hydrogens is 464 g/mol. The van der Waals surface area contributed by atoms with Crippen LogP contribution in [-0.2, 0) is 16.1 Å². The minimum atomic E-state index is -0.142. The largest absolute Gasteiger partial charge is 0.486 e. The molecule has 0 spiro atoms. The Morgan fingerprint density at radius 3 is 2.70 bits per heavy atom. The van der Waals surface area contributed by atoms with E-state index in [1.807, 2.05) is 28.8 Å². The zero-order valence-corrected chi connectivity index (χ0v) is 19.4. The van der Waals surface area contributed by atoms with Crippen molar-refractivity contribution in [3.05, 3.63) is 47.5 Å². The molecule has 1 atom stereocenters. The predicted molar refractivity (Wildman–Crippen MR) is 126 cm³/mol. The van der Waals surface area contributed by atoms with E-state index in [-0.39, 0.29) is 17.8 Å². The maximum Gasteiger partial charge on any atom is 0.234 e. The topological polar surface area (TPSA) is 87.5 Å². The Labute approximate surface area is 200 Å². The van der Waals surface area contributed by atoms with Crippen molar-refractivity contribution in [3.63, 3.8) is 0 Å². The van der Waals surface area contributed by atoms with Gasteiger partial charge in [0.2, 0.25) is 5.91 Å². The highest BCUT2D eigenvalue weighted by Gasteiger charge is 2.22. The van der Waals surface area contributed by atoms with E-state index in [2.05, 4.69) is 15.5 Å². The van der Waals surface area contributed by atoms with Gasteiger partial charge in [0.15, 0.2) is 22.5 Å². The van der Waals surface area contributed by atoms with Crippen molar-refractivity contribution in [2.75, 3.05) is 30.9 Å². The van der Waals surface area contributed by atoms with E-state index in [0.717, 1.165) is 30.8 Å². The van der Waals surface area contributed by atoms with Crippen LogP contribution < -0.4 is 14.8 Å². The van der Waals surface area contributed by atoms with Crippen molar-refractivity contribution < 1.29 is 19.0 Å². The lowest BCUT2D eigenvalue weighted by Gasteiger charge is -2.19. The number of hydrogen-bond donors (Lipinski definition) is 1. The van der Waals surface area contributed by atoms with Crippen LogP contribution in [0.1, 0.15) is 12.8 Å². The summed E-state index contributed by atoms with van der Waals surface area (Å²) in [5.41, 5.74) is 1.57. The average Bonchev–Trinajstić information content (AvgIpc) is 3.49. The Hall–Kier alpha value is -2.75. The van der Waals surface area contributed by atoms with Crippen LogP contribution in [0.5, 0.6) is 11.5 Å². The predicted octanol–water partition coefficient (Wildman–Crippen LogP) is 4.28. The Bertz CT molecular complexity index is 1130. The number of aromatic nitrogens is 3. The van der Waals surface area contributed by atoms with E-state index in [1.165, 1.54) is 11.8 Å². The Kier molecular flexibility index (Phi) is 6.70. The van der Waals surface area contributed by atoms with E-state index in [9.17, 15) is 4.79 Å². The zero-order valence-electron chi connectivity index (χ0n) is 17.8. The second kappa shape index (κ2) is 10.0. The number of amides is 1. The van der Waals surface area contributed by atoms with Gasteiger partial charge in [0.1, 0.15) is 13.2 Å². The van der Waals surface area contributed by atoms with Gasteiger partial charge in [0, 0.05) is 28.9 Å². The Morgan fingerprint density at radius 2 is 1.91 bits per heavy atom. The number of nitrogens with zero attached hydrogens (tertiary/aromatic N) is 3. The zero-order chi connectivity index (χ0) is 22.6. The van der Waals surface area contributed by atoms with Crippen molar-refractivity contribution in [2.45, 2.75) is 30.6 Å². The highest BCUT2D eigenvalue weighted by molar-refractivity contribution is 7.99.